The second-order valence-corrected chi connectivity index (χ2v) is 8.27. The molecule has 0 aliphatic carbocycles. The summed E-state index contributed by atoms with van der Waals surface area (Å²) < 4.78 is 22.5. The number of thioether (sulfide) groups is 1. The number of nitrogens with zero attached hydrogens (tertiary/aromatic N) is 1. The zero-order valence-corrected chi connectivity index (χ0v) is 19.5. The van der Waals surface area contributed by atoms with E-state index >= 15 is 0 Å². The summed E-state index contributed by atoms with van der Waals surface area (Å²) in [4.78, 5) is 49.4. The maximum Gasteiger partial charge on any atom is 0.337 e. The van der Waals surface area contributed by atoms with Gasteiger partial charge < -0.3 is 20.1 Å². The van der Waals surface area contributed by atoms with E-state index in [1.54, 1.807) is 0 Å². The van der Waals surface area contributed by atoms with Crippen molar-refractivity contribution in [2.24, 2.45) is 5.92 Å². The Morgan fingerprint density at radius 2 is 1.74 bits per heavy atom. The van der Waals surface area contributed by atoms with E-state index in [2.05, 4.69) is 15.4 Å². The van der Waals surface area contributed by atoms with Gasteiger partial charge in [-0.1, -0.05) is 23.9 Å². The number of esters is 2. The van der Waals surface area contributed by atoms with Crippen LogP contribution in [0.1, 0.15) is 21.8 Å². The summed E-state index contributed by atoms with van der Waals surface area (Å²) in [6.45, 7) is 0. The highest BCUT2D eigenvalue weighted by atomic mass is 32.2. The monoisotopic (exact) mass is 497 g/mol. The number of anilines is 1. The van der Waals surface area contributed by atoms with Gasteiger partial charge in [0.25, 0.3) is 0 Å². The van der Waals surface area contributed by atoms with Gasteiger partial charge in [0.05, 0.1) is 42.2 Å². The van der Waals surface area contributed by atoms with Gasteiger partial charge in [0.15, 0.2) is 0 Å². The zero-order chi connectivity index (χ0) is 25.5. The highest BCUT2D eigenvalue weighted by molar-refractivity contribution is 8.03. The summed E-state index contributed by atoms with van der Waals surface area (Å²) in [5.74, 6) is -5.52. The fourth-order valence-corrected chi connectivity index (χ4v) is 4.34. The summed E-state index contributed by atoms with van der Waals surface area (Å²) in [5, 5.41) is 15.2. The van der Waals surface area contributed by atoms with Crippen LogP contribution in [-0.4, -0.2) is 43.7 Å². The number of nitrogens with one attached hydrogen (secondary N) is 2. The molecule has 0 unspecified atom stereocenters. The van der Waals surface area contributed by atoms with E-state index in [1.807, 2.05) is 6.07 Å². The van der Waals surface area contributed by atoms with Gasteiger partial charge in [-0.15, -0.1) is 0 Å². The van der Waals surface area contributed by atoms with Crippen molar-refractivity contribution in [3.8, 4) is 6.07 Å². The van der Waals surface area contributed by atoms with Gasteiger partial charge in [-0.2, -0.15) is 5.26 Å². The van der Waals surface area contributed by atoms with E-state index in [0.717, 1.165) is 18.9 Å². The van der Waals surface area contributed by atoms with E-state index in [-0.39, 0.29) is 21.9 Å². The van der Waals surface area contributed by atoms with Crippen LogP contribution in [0.15, 0.2) is 59.1 Å². The van der Waals surface area contributed by atoms with Crippen LogP contribution in [-0.2, 0) is 23.9 Å². The molecule has 1 heterocycles. The Kier molecular flexibility index (Phi) is 8.22. The van der Waals surface area contributed by atoms with Gasteiger partial charge >= 0.3 is 11.9 Å². The average Bonchev–Trinajstić information content (AvgIpc) is 2.87. The van der Waals surface area contributed by atoms with E-state index in [0.29, 0.717) is 11.3 Å². The van der Waals surface area contributed by atoms with Crippen molar-refractivity contribution in [1.29, 1.82) is 5.26 Å². The highest BCUT2D eigenvalue weighted by Gasteiger charge is 2.44. The Morgan fingerprint density at radius 1 is 1.09 bits per heavy atom. The Hall–Kier alpha value is -4.17. The Bertz CT molecular complexity index is 1220. The molecule has 9 nitrogen and oxygen atoms in total. The largest absolute Gasteiger partial charge is 0.468 e. The number of carbonyl (C=O) groups is 4. The smallest absolute Gasteiger partial charge is 0.337 e. The summed E-state index contributed by atoms with van der Waals surface area (Å²) in [6.07, 6.45) is 0. The number of rotatable bonds is 7. The van der Waals surface area contributed by atoms with Gasteiger partial charge in [0.1, 0.15) is 11.7 Å². The number of hydrogen-bond donors (Lipinski definition) is 2. The van der Waals surface area contributed by atoms with Crippen LogP contribution < -0.4 is 10.6 Å². The molecule has 1 aliphatic rings. The molecule has 1 aliphatic heterocycles. The maximum absolute atomic E-state index is 13.1. The van der Waals surface area contributed by atoms with Crippen LogP contribution in [0, 0.1) is 23.1 Å². The number of hydrogen-bond acceptors (Lipinski definition) is 8. The van der Waals surface area contributed by atoms with Crippen molar-refractivity contribution in [3.63, 3.8) is 0 Å². The van der Waals surface area contributed by atoms with Crippen LogP contribution >= 0.6 is 11.8 Å². The highest BCUT2D eigenvalue weighted by Crippen LogP contribution is 2.40. The van der Waals surface area contributed by atoms with Gasteiger partial charge in [-0.3, -0.25) is 14.4 Å². The molecule has 0 saturated carbocycles. The Morgan fingerprint density at radius 3 is 2.31 bits per heavy atom. The summed E-state index contributed by atoms with van der Waals surface area (Å²) in [5.41, 5.74) is 1.12. The van der Waals surface area contributed by atoms with Crippen molar-refractivity contribution in [3.05, 3.63) is 76.1 Å². The third kappa shape index (κ3) is 5.85. The van der Waals surface area contributed by atoms with Gasteiger partial charge in [0, 0.05) is 11.6 Å². The minimum Gasteiger partial charge on any atom is -0.468 e. The van der Waals surface area contributed by atoms with Crippen LogP contribution in [0.3, 0.4) is 0 Å². The molecule has 2 aromatic rings. The molecule has 3 rings (SSSR count). The SMILES string of the molecule is COC(=O)c1ccc([C@H]2C(C#N)=C(SCC(=O)Nc3ccc(F)cc3)NC(=O)[C@H]2C(=O)OC)cc1. The van der Waals surface area contributed by atoms with Crippen molar-refractivity contribution in [2.45, 2.75) is 5.92 Å². The van der Waals surface area contributed by atoms with Crippen molar-refractivity contribution in [2.75, 3.05) is 25.3 Å². The first kappa shape index (κ1) is 25.5. The molecule has 2 amide bonds. The third-order valence-corrected chi connectivity index (χ3v) is 6.17. The van der Waals surface area contributed by atoms with E-state index in [9.17, 15) is 28.8 Å². The molecule has 0 saturated heterocycles. The Balaban J connectivity index is 1.90. The second kappa shape index (κ2) is 11.3. The minimum absolute atomic E-state index is 0.0606. The summed E-state index contributed by atoms with van der Waals surface area (Å²) in [7, 11) is 2.37. The number of carbonyl (C=O) groups excluding carboxylic acids is 4. The first-order valence-corrected chi connectivity index (χ1v) is 11.2. The van der Waals surface area contributed by atoms with Gasteiger partial charge in [-0.05, 0) is 42.0 Å². The first-order chi connectivity index (χ1) is 16.8. The molecule has 2 N–H and O–H groups in total. The van der Waals surface area contributed by atoms with Crippen molar-refractivity contribution < 1.29 is 33.0 Å². The molecular weight excluding hydrogens is 477 g/mol. The van der Waals surface area contributed by atoms with Crippen LogP contribution in [0.4, 0.5) is 10.1 Å². The normalized spacial score (nSPS) is 17.1. The zero-order valence-electron chi connectivity index (χ0n) is 18.7. The van der Waals surface area contributed by atoms with E-state index < -0.39 is 41.4 Å². The number of benzene rings is 2. The van der Waals surface area contributed by atoms with Crippen LogP contribution in [0.2, 0.25) is 0 Å². The number of methoxy groups -OCH3 is 2. The van der Waals surface area contributed by atoms with Crippen LogP contribution in [0.5, 0.6) is 0 Å². The molecule has 180 valence electrons. The Labute approximate surface area is 204 Å². The molecular formula is C24H20FN3O6S. The molecule has 0 spiro atoms. The molecule has 0 bridgehead atoms. The third-order valence-electron chi connectivity index (χ3n) is 5.15. The quantitative estimate of drug-likeness (QED) is 0.441. The number of halogens is 1. The standard InChI is InChI=1S/C24H20FN3O6S/c1-33-23(31)14-5-3-13(4-6-14)19-17(11-26)22(28-21(30)20(19)24(32)34-2)35-12-18(29)27-16-9-7-15(25)8-10-16/h3-10,19-20H,12H2,1-2H3,(H,27,29)(H,28,30)/t19-,20-/m0/s1. The fraction of sp³-hybridized carbons (Fsp3) is 0.208. The minimum atomic E-state index is -1.35. The van der Waals surface area contributed by atoms with Crippen molar-refractivity contribution >= 4 is 41.2 Å². The van der Waals surface area contributed by atoms with Gasteiger partial charge in [-0.25, -0.2) is 9.18 Å². The summed E-state index contributed by atoms with van der Waals surface area (Å²) in [6, 6.07) is 13.2. The van der Waals surface area contributed by atoms with E-state index in [4.69, 9.17) is 4.74 Å². The number of allylic oxidation sites excluding steroid dienone is 1. The molecule has 2 atom stereocenters. The molecule has 0 radical (unpaired) electrons. The number of nitriles is 1. The fourth-order valence-electron chi connectivity index (χ4n) is 3.49. The lowest BCUT2D eigenvalue weighted by molar-refractivity contribution is -0.150. The molecule has 0 aromatic heterocycles. The number of ether oxygens (including phenoxy) is 2. The topological polar surface area (TPSA) is 135 Å². The van der Waals surface area contributed by atoms with Crippen molar-refractivity contribution in [1.82, 2.24) is 5.32 Å². The molecule has 35 heavy (non-hydrogen) atoms. The molecule has 0 fully saturated rings. The predicted octanol–water partition coefficient (Wildman–Crippen LogP) is 2.72. The lowest BCUT2D eigenvalue weighted by Crippen LogP contribution is -2.44. The average molecular weight is 498 g/mol. The predicted molar refractivity (Wildman–Crippen MR) is 124 cm³/mol. The van der Waals surface area contributed by atoms with Crippen LogP contribution in [0.25, 0.3) is 0 Å². The summed E-state index contributed by atoms with van der Waals surface area (Å²) >= 11 is 0.909. The lowest BCUT2D eigenvalue weighted by Gasteiger charge is -2.31. The number of amides is 2. The maximum atomic E-state index is 13.1. The lowest BCUT2D eigenvalue weighted by atomic mass is 9.78. The van der Waals surface area contributed by atoms with Gasteiger partial charge in [0.2, 0.25) is 11.8 Å². The molecule has 11 heteroatoms. The first-order valence-electron chi connectivity index (χ1n) is 10.2. The van der Waals surface area contributed by atoms with E-state index in [1.165, 1.54) is 55.6 Å². The second-order valence-electron chi connectivity index (χ2n) is 7.28. The molecule has 2 aromatic carbocycles.